The molecule has 108 valence electrons. The van der Waals surface area contributed by atoms with Gasteiger partial charge >= 0.3 is 0 Å². The maximum absolute atomic E-state index is 12.5. The van der Waals surface area contributed by atoms with Gasteiger partial charge < -0.3 is 4.90 Å². The lowest BCUT2D eigenvalue weighted by molar-refractivity contribution is -0.132. The Balaban J connectivity index is 1.65. The van der Waals surface area contributed by atoms with E-state index in [9.17, 15) is 4.79 Å². The molecule has 0 radical (unpaired) electrons. The van der Waals surface area contributed by atoms with Gasteiger partial charge in [0.15, 0.2) is 0 Å². The molecule has 0 aliphatic carbocycles. The third-order valence-electron chi connectivity index (χ3n) is 4.33. The Morgan fingerprint density at radius 1 is 1.05 bits per heavy atom. The second-order valence-corrected chi connectivity index (χ2v) is 5.85. The van der Waals surface area contributed by atoms with Crippen molar-refractivity contribution < 1.29 is 4.79 Å². The minimum absolute atomic E-state index is 0.265. The molecule has 0 bridgehead atoms. The highest BCUT2D eigenvalue weighted by Crippen LogP contribution is 2.23. The largest absolute Gasteiger partial charge is 0.338 e. The van der Waals surface area contributed by atoms with Crippen LogP contribution in [-0.4, -0.2) is 17.4 Å². The quantitative estimate of drug-likeness (QED) is 0.837. The Morgan fingerprint density at radius 2 is 1.71 bits per heavy atom. The first kappa shape index (κ1) is 13.9. The molecule has 2 aromatic carbocycles. The molecule has 1 heterocycles. The summed E-state index contributed by atoms with van der Waals surface area (Å²) in [6.45, 7) is 3.74. The Bertz CT molecular complexity index is 620. The summed E-state index contributed by atoms with van der Waals surface area (Å²) < 4.78 is 0. The van der Waals surface area contributed by atoms with Gasteiger partial charge in [-0.1, -0.05) is 61.5 Å². The van der Waals surface area contributed by atoms with Crippen molar-refractivity contribution >= 4 is 5.91 Å². The van der Waals surface area contributed by atoms with Gasteiger partial charge in [0.1, 0.15) is 0 Å². The van der Waals surface area contributed by atoms with Crippen LogP contribution in [0.4, 0.5) is 0 Å². The summed E-state index contributed by atoms with van der Waals surface area (Å²) >= 11 is 0. The molecule has 2 nitrogen and oxygen atoms in total. The molecule has 3 rings (SSSR count). The van der Waals surface area contributed by atoms with E-state index in [1.807, 2.05) is 23.1 Å². The lowest BCUT2D eigenvalue weighted by Gasteiger charge is -2.29. The number of fused-ring (bicyclic) bond motifs is 1. The molecule has 0 saturated heterocycles. The first-order valence-electron chi connectivity index (χ1n) is 7.63. The second kappa shape index (κ2) is 6.13. The van der Waals surface area contributed by atoms with Crippen LogP contribution in [-0.2, 0) is 17.8 Å². The average Bonchev–Trinajstić information content (AvgIpc) is 2.55. The molecule has 2 heteroatoms. The predicted octanol–water partition coefficient (Wildman–Crippen LogP) is 3.77. The minimum Gasteiger partial charge on any atom is -0.338 e. The third kappa shape index (κ3) is 3.15. The summed E-state index contributed by atoms with van der Waals surface area (Å²) in [6, 6.07) is 18.7. The van der Waals surface area contributed by atoms with E-state index >= 15 is 0 Å². The fourth-order valence-electron chi connectivity index (χ4n) is 3.00. The zero-order chi connectivity index (χ0) is 14.7. The van der Waals surface area contributed by atoms with E-state index in [1.54, 1.807) is 0 Å². The van der Waals surface area contributed by atoms with Gasteiger partial charge in [-0.2, -0.15) is 0 Å². The monoisotopic (exact) mass is 279 g/mol. The highest BCUT2D eigenvalue weighted by atomic mass is 16.2. The van der Waals surface area contributed by atoms with Crippen LogP contribution in [0.1, 0.15) is 36.0 Å². The highest BCUT2D eigenvalue weighted by Gasteiger charge is 2.22. The molecule has 1 aliphatic heterocycles. The van der Waals surface area contributed by atoms with Crippen molar-refractivity contribution in [1.82, 2.24) is 4.90 Å². The molecule has 0 saturated carbocycles. The Morgan fingerprint density at radius 3 is 2.48 bits per heavy atom. The molecule has 1 amide bonds. The number of rotatable bonds is 3. The number of nitrogens with zero attached hydrogens (tertiary/aromatic N) is 1. The number of amides is 1. The molecular weight excluding hydrogens is 258 g/mol. The van der Waals surface area contributed by atoms with E-state index in [0.717, 1.165) is 19.5 Å². The van der Waals surface area contributed by atoms with Crippen LogP contribution in [0.15, 0.2) is 54.6 Å². The molecule has 1 unspecified atom stereocenters. The van der Waals surface area contributed by atoms with Gasteiger partial charge in [0.2, 0.25) is 5.91 Å². The van der Waals surface area contributed by atoms with Gasteiger partial charge in [-0.3, -0.25) is 4.79 Å². The molecule has 0 spiro atoms. The van der Waals surface area contributed by atoms with Gasteiger partial charge in [0.25, 0.3) is 0 Å². The summed E-state index contributed by atoms with van der Waals surface area (Å²) in [7, 11) is 0. The predicted molar refractivity (Wildman–Crippen MR) is 85.0 cm³/mol. The van der Waals surface area contributed by atoms with Crippen LogP contribution in [0.5, 0.6) is 0 Å². The van der Waals surface area contributed by atoms with Gasteiger partial charge in [0.05, 0.1) is 0 Å². The van der Waals surface area contributed by atoms with E-state index in [4.69, 9.17) is 0 Å². The number of carbonyl (C=O) groups is 1. The lowest BCUT2D eigenvalue weighted by Crippen LogP contribution is -2.36. The SMILES string of the molecule is CC(CC(=O)N1CCc2ccccc2C1)c1ccccc1. The summed E-state index contributed by atoms with van der Waals surface area (Å²) in [5.74, 6) is 0.539. The Hall–Kier alpha value is -2.09. The highest BCUT2D eigenvalue weighted by molar-refractivity contribution is 5.77. The van der Waals surface area contributed by atoms with E-state index in [-0.39, 0.29) is 11.8 Å². The van der Waals surface area contributed by atoms with Crippen LogP contribution in [0, 0.1) is 0 Å². The topological polar surface area (TPSA) is 20.3 Å². The van der Waals surface area contributed by atoms with Crippen molar-refractivity contribution in [3.63, 3.8) is 0 Å². The summed E-state index contributed by atoms with van der Waals surface area (Å²) in [5.41, 5.74) is 3.92. The van der Waals surface area contributed by atoms with Crippen molar-refractivity contribution in [1.29, 1.82) is 0 Å². The fourth-order valence-corrected chi connectivity index (χ4v) is 3.00. The van der Waals surface area contributed by atoms with Crippen LogP contribution in [0.2, 0.25) is 0 Å². The summed E-state index contributed by atoms with van der Waals surface area (Å²) in [4.78, 5) is 14.5. The Labute approximate surface area is 126 Å². The van der Waals surface area contributed by atoms with E-state index in [2.05, 4.69) is 43.3 Å². The van der Waals surface area contributed by atoms with Crippen molar-refractivity contribution in [2.24, 2.45) is 0 Å². The molecule has 0 aromatic heterocycles. The van der Waals surface area contributed by atoms with Crippen LogP contribution < -0.4 is 0 Å². The third-order valence-corrected chi connectivity index (χ3v) is 4.33. The van der Waals surface area contributed by atoms with Crippen LogP contribution in [0.25, 0.3) is 0 Å². The van der Waals surface area contributed by atoms with Crippen LogP contribution >= 0.6 is 0 Å². The summed E-state index contributed by atoms with van der Waals surface area (Å²) in [5, 5.41) is 0. The number of benzene rings is 2. The number of carbonyl (C=O) groups excluding carboxylic acids is 1. The number of hydrogen-bond donors (Lipinski definition) is 0. The van der Waals surface area contributed by atoms with Crippen molar-refractivity contribution in [2.75, 3.05) is 6.54 Å². The zero-order valence-corrected chi connectivity index (χ0v) is 12.5. The number of hydrogen-bond acceptors (Lipinski definition) is 1. The van der Waals surface area contributed by atoms with E-state index in [1.165, 1.54) is 16.7 Å². The van der Waals surface area contributed by atoms with Crippen molar-refractivity contribution in [3.05, 3.63) is 71.3 Å². The average molecular weight is 279 g/mol. The summed E-state index contributed by atoms with van der Waals surface area (Å²) in [6.07, 6.45) is 1.56. The van der Waals surface area contributed by atoms with Crippen molar-refractivity contribution in [2.45, 2.75) is 32.2 Å². The maximum Gasteiger partial charge on any atom is 0.223 e. The van der Waals surface area contributed by atoms with Crippen LogP contribution in [0.3, 0.4) is 0 Å². The maximum atomic E-state index is 12.5. The second-order valence-electron chi connectivity index (χ2n) is 5.85. The smallest absolute Gasteiger partial charge is 0.223 e. The Kier molecular flexibility index (Phi) is 4.05. The lowest BCUT2D eigenvalue weighted by atomic mass is 9.95. The van der Waals surface area contributed by atoms with Gasteiger partial charge in [-0.15, -0.1) is 0 Å². The molecule has 0 fully saturated rings. The van der Waals surface area contributed by atoms with Gasteiger partial charge in [0, 0.05) is 19.5 Å². The molecule has 21 heavy (non-hydrogen) atoms. The normalized spacial score (nSPS) is 15.4. The van der Waals surface area contributed by atoms with Gasteiger partial charge in [-0.25, -0.2) is 0 Å². The molecular formula is C19H21NO. The zero-order valence-electron chi connectivity index (χ0n) is 12.5. The molecule has 2 aromatic rings. The van der Waals surface area contributed by atoms with E-state index < -0.39 is 0 Å². The van der Waals surface area contributed by atoms with Crippen molar-refractivity contribution in [3.8, 4) is 0 Å². The first-order chi connectivity index (χ1) is 10.2. The minimum atomic E-state index is 0.265. The van der Waals surface area contributed by atoms with Gasteiger partial charge in [-0.05, 0) is 29.0 Å². The molecule has 1 atom stereocenters. The molecule has 0 N–H and O–H groups in total. The van der Waals surface area contributed by atoms with E-state index in [0.29, 0.717) is 6.42 Å². The standard InChI is InChI=1S/C19H21NO/c1-15(16-7-3-2-4-8-16)13-19(21)20-12-11-17-9-5-6-10-18(17)14-20/h2-10,15H,11-14H2,1H3. The fraction of sp³-hybridized carbons (Fsp3) is 0.316. The first-order valence-corrected chi connectivity index (χ1v) is 7.63. The molecule has 1 aliphatic rings.